The van der Waals surface area contributed by atoms with Crippen molar-refractivity contribution in [1.82, 2.24) is 19.5 Å². The van der Waals surface area contributed by atoms with E-state index in [-0.39, 0.29) is 33.8 Å². The molecule has 1 atom stereocenters. The zero-order valence-electron chi connectivity index (χ0n) is 17.0. The Morgan fingerprint density at radius 1 is 1.26 bits per heavy atom. The second-order valence-electron chi connectivity index (χ2n) is 7.20. The normalized spacial score (nSPS) is 16.2. The molecule has 4 rings (SSSR count). The Labute approximate surface area is 180 Å². The SMILES string of the molecule is [B]c1cc(S(=O)(=O)N(C)[C@@H]2CCCc3[nH]ncc32)cnc1Oc1ccc(F)cc1OC. The Hall–Kier alpha value is -2.92. The molecule has 1 aliphatic carbocycles. The summed E-state index contributed by atoms with van der Waals surface area (Å²) in [6.07, 6.45) is 5.24. The van der Waals surface area contributed by atoms with Crippen molar-refractivity contribution in [3.05, 3.63) is 53.7 Å². The summed E-state index contributed by atoms with van der Waals surface area (Å²) in [5.41, 5.74) is 1.85. The van der Waals surface area contributed by atoms with Gasteiger partial charge in [-0.2, -0.15) is 9.40 Å². The van der Waals surface area contributed by atoms with E-state index >= 15 is 0 Å². The summed E-state index contributed by atoms with van der Waals surface area (Å²) < 4.78 is 51.9. The molecule has 0 unspecified atom stereocenters. The molecular formula is C20H20BFN4O4S. The maximum absolute atomic E-state index is 13.4. The molecule has 0 amide bonds. The number of nitrogens with one attached hydrogen (secondary N) is 1. The Morgan fingerprint density at radius 3 is 2.81 bits per heavy atom. The van der Waals surface area contributed by atoms with E-state index in [4.69, 9.17) is 17.3 Å². The second-order valence-corrected chi connectivity index (χ2v) is 9.19. The molecule has 1 aliphatic rings. The molecule has 160 valence electrons. The summed E-state index contributed by atoms with van der Waals surface area (Å²) in [5, 5.41) is 6.98. The molecule has 11 heteroatoms. The number of pyridine rings is 1. The summed E-state index contributed by atoms with van der Waals surface area (Å²) in [6.45, 7) is 0. The molecule has 2 radical (unpaired) electrons. The lowest BCUT2D eigenvalue weighted by Gasteiger charge is -2.30. The van der Waals surface area contributed by atoms with Crippen LogP contribution in [0.15, 0.2) is 41.6 Å². The van der Waals surface area contributed by atoms with Gasteiger partial charge in [0.25, 0.3) is 0 Å². The molecule has 0 bridgehead atoms. The first-order valence-corrected chi connectivity index (χ1v) is 11.0. The van der Waals surface area contributed by atoms with Gasteiger partial charge in [0.05, 0.1) is 25.5 Å². The van der Waals surface area contributed by atoms with Crippen molar-refractivity contribution in [2.24, 2.45) is 0 Å². The number of benzene rings is 1. The van der Waals surface area contributed by atoms with Crippen LogP contribution in [0.25, 0.3) is 0 Å². The minimum Gasteiger partial charge on any atom is -0.493 e. The summed E-state index contributed by atoms with van der Waals surface area (Å²) in [7, 11) is 5.06. The Bertz CT molecular complexity index is 1220. The van der Waals surface area contributed by atoms with Gasteiger partial charge in [0.15, 0.2) is 11.5 Å². The third kappa shape index (κ3) is 4.02. The van der Waals surface area contributed by atoms with E-state index in [1.54, 1.807) is 6.20 Å². The first-order valence-electron chi connectivity index (χ1n) is 9.58. The number of sulfonamides is 1. The predicted molar refractivity (Wildman–Crippen MR) is 112 cm³/mol. The molecule has 1 N–H and O–H groups in total. The van der Waals surface area contributed by atoms with Crippen LogP contribution in [0.4, 0.5) is 4.39 Å². The van der Waals surface area contributed by atoms with Crippen LogP contribution in [-0.2, 0) is 16.4 Å². The van der Waals surface area contributed by atoms with Crippen molar-refractivity contribution in [1.29, 1.82) is 0 Å². The molecular weight excluding hydrogens is 422 g/mol. The maximum Gasteiger partial charge on any atom is 0.244 e. The smallest absolute Gasteiger partial charge is 0.244 e. The Morgan fingerprint density at radius 2 is 2.06 bits per heavy atom. The summed E-state index contributed by atoms with van der Waals surface area (Å²) in [4.78, 5) is 4.02. The van der Waals surface area contributed by atoms with Gasteiger partial charge >= 0.3 is 0 Å². The molecule has 0 saturated heterocycles. The third-order valence-corrected chi connectivity index (χ3v) is 7.15. The van der Waals surface area contributed by atoms with Crippen molar-refractivity contribution in [2.45, 2.75) is 30.2 Å². The average Bonchev–Trinajstić information content (AvgIpc) is 3.24. The number of rotatable bonds is 6. The van der Waals surface area contributed by atoms with Crippen molar-refractivity contribution in [3.8, 4) is 17.4 Å². The number of methoxy groups -OCH3 is 1. The Balaban J connectivity index is 1.60. The summed E-state index contributed by atoms with van der Waals surface area (Å²) >= 11 is 0. The molecule has 0 spiro atoms. The number of aryl methyl sites for hydroxylation is 1. The highest BCUT2D eigenvalue weighted by Gasteiger charge is 2.33. The molecule has 2 aromatic heterocycles. The molecule has 1 aromatic carbocycles. The number of hydrogen-bond acceptors (Lipinski definition) is 6. The van der Waals surface area contributed by atoms with Crippen molar-refractivity contribution >= 4 is 23.3 Å². The molecule has 31 heavy (non-hydrogen) atoms. The monoisotopic (exact) mass is 442 g/mol. The van der Waals surface area contributed by atoms with E-state index in [1.165, 1.54) is 42.9 Å². The highest BCUT2D eigenvalue weighted by atomic mass is 32.2. The van der Waals surface area contributed by atoms with Gasteiger partial charge in [-0.1, -0.05) is 0 Å². The van der Waals surface area contributed by atoms with Crippen LogP contribution in [-0.4, -0.2) is 49.9 Å². The lowest BCUT2D eigenvalue weighted by atomic mass is 9.93. The van der Waals surface area contributed by atoms with Crippen LogP contribution in [0.2, 0.25) is 0 Å². The van der Waals surface area contributed by atoms with Crippen molar-refractivity contribution in [3.63, 3.8) is 0 Å². The van der Waals surface area contributed by atoms with E-state index < -0.39 is 15.8 Å². The van der Waals surface area contributed by atoms with E-state index in [1.807, 2.05) is 0 Å². The second kappa shape index (κ2) is 8.31. The minimum atomic E-state index is -3.87. The summed E-state index contributed by atoms with van der Waals surface area (Å²) in [6, 6.07) is 4.71. The van der Waals surface area contributed by atoms with Crippen molar-refractivity contribution < 1.29 is 22.3 Å². The van der Waals surface area contributed by atoms with Crippen LogP contribution < -0.4 is 14.9 Å². The number of H-pyrrole nitrogens is 1. The number of aromatic nitrogens is 3. The maximum atomic E-state index is 13.4. The largest absolute Gasteiger partial charge is 0.493 e. The van der Waals surface area contributed by atoms with Crippen LogP contribution in [0.3, 0.4) is 0 Å². The molecule has 0 saturated carbocycles. The van der Waals surface area contributed by atoms with Crippen LogP contribution in [0.1, 0.15) is 30.1 Å². The van der Waals surface area contributed by atoms with Gasteiger partial charge < -0.3 is 9.47 Å². The number of aromatic amines is 1. The zero-order chi connectivity index (χ0) is 22.2. The van der Waals surface area contributed by atoms with Crippen LogP contribution in [0.5, 0.6) is 17.4 Å². The van der Waals surface area contributed by atoms with Gasteiger partial charge in [-0.25, -0.2) is 17.8 Å². The summed E-state index contributed by atoms with van der Waals surface area (Å²) in [5.74, 6) is -0.143. The Kier molecular flexibility index (Phi) is 5.72. The van der Waals surface area contributed by atoms with Gasteiger partial charge in [-0.05, 0) is 42.9 Å². The van der Waals surface area contributed by atoms with Crippen LogP contribution in [0, 0.1) is 5.82 Å². The third-order valence-electron chi connectivity index (χ3n) is 5.32. The lowest BCUT2D eigenvalue weighted by Crippen LogP contribution is -2.33. The molecule has 2 heterocycles. The minimum absolute atomic E-state index is 0.0127. The highest BCUT2D eigenvalue weighted by molar-refractivity contribution is 7.89. The average molecular weight is 442 g/mol. The molecule has 3 aromatic rings. The highest BCUT2D eigenvalue weighted by Crippen LogP contribution is 2.35. The van der Waals surface area contributed by atoms with E-state index in [2.05, 4.69) is 15.2 Å². The van der Waals surface area contributed by atoms with Gasteiger partial charge in [-0.3, -0.25) is 5.10 Å². The van der Waals surface area contributed by atoms with Gasteiger partial charge in [0.1, 0.15) is 18.6 Å². The zero-order valence-corrected chi connectivity index (χ0v) is 17.8. The fraction of sp³-hybridized carbons (Fsp3) is 0.300. The lowest BCUT2D eigenvalue weighted by molar-refractivity contribution is 0.336. The number of halogens is 1. The van der Waals surface area contributed by atoms with Gasteiger partial charge in [0, 0.05) is 24.4 Å². The number of fused-ring (bicyclic) bond motifs is 1. The van der Waals surface area contributed by atoms with E-state index in [0.29, 0.717) is 6.42 Å². The van der Waals surface area contributed by atoms with E-state index in [9.17, 15) is 12.8 Å². The quantitative estimate of drug-likeness (QED) is 0.589. The fourth-order valence-electron chi connectivity index (χ4n) is 3.65. The molecule has 0 fully saturated rings. The molecule has 0 aliphatic heterocycles. The van der Waals surface area contributed by atoms with E-state index in [0.717, 1.165) is 30.2 Å². The van der Waals surface area contributed by atoms with Crippen LogP contribution >= 0.6 is 0 Å². The number of ether oxygens (including phenoxy) is 2. The molecule has 8 nitrogen and oxygen atoms in total. The standard InChI is InChI=1S/C20H20BFN4O4S/c1-26(17-5-3-4-16-14(17)11-24-25-16)31(27,28)13-9-15(21)20(23-10-13)30-18-7-6-12(22)8-19(18)29-2/h6-11,17H,3-5H2,1-2H3,(H,24,25)/t17-/m1/s1. The van der Waals surface area contributed by atoms with Gasteiger partial charge in [-0.15, -0.1) is 0 Å². The van der Waals surface area contributed by atoms with Gasteiger partial charge in [0.2, 0.25) is 15.9 Å². The van der Waals surface area contributed by atoms with Crippen molar-refractivity contribution in [2.75, 3.05) is 14.2 Å². The predicted octanol–water partition coefficient (Wildman–Crippen LogP) is 2.24. The number of hydrogen-bond donors (Lipinski definition) is 1. The first kappa shape index (κ1) is 21.3. The topological polar surface area (TPSA) is 97.4 Å². The fourth-order valence-corrected chi connectivity index (χ4v) is 5.00. The number of nitrogens with zero attached hydrogens (tertiary/aromatic N) is 3. The first-order chi connectivity index (χ1) is 14.8.